The lowest BCUT2D eigenvalue weighted by atomic mass is 10.0. The molecule has 0 fully saturated rings. The molecule has 0 aliphatic rings. The summed E-state index contributed by atoms with van der Waals surface area (Å²) in [5.74, 6) is 0. The minimum Gasteiger partial charge on any atom is -0.211 e. The smallest absolute Gasteiger partial charge is 0.211 e. The Balaban J connectivity index is 3.06. The van der Waals surface area contributed by atoms with E-state index in [0.717, 1.165) is 6.42 Å². The van der Waals surface area contributed by atoms with Crippen molar-refractivity contribution in [2.75, 3.05) is 6.54 Å². The van der Waals surface area contributed by atoms with E-state index in [1.165, 1.54) is 212 Å². The van der Waals surface area contributed by atoms with Gasteiger partial charge in [0.25, 0.3) is 0 Å². The Morgan fingerprint density at radius 2 is 0.571 bits per heavy atom. The van der Waals surface area contributed by atoms with Gasteiger partial charge in [0.1, 0.15) is 7.38 Å². The maximum atomic E-state index is 10.00. The zero-order chi connectivity index (χ0) is 30.7. The van der Waals surface area contributed by atoms with E-state index in [4.69, 9.17) is 11.1 Å². The highest BCUT2D eigenvalue weighted by Gasteiger charge is 2.15. The van der Waals surface area contributed by atoms with Crippen LogP contribution in [-0.2, 0) is 4.79 Å². The summed E-state index contributed by atoms with van der Waals surface area (Å²) >= 11 is 6.40. The van der Waals surface area contributed by atoms with Crippen molar-refractivity contribution in [2.24, 2.45) is 4.99 Å². The number of carbonyl (C=O) groups excluding carboxylic acids is 1. The van der Waals surface area contributed by atoms with Gasteiger partial charge in [-0.2, -0.15) is 11.1 Å². The highest BCUT2D eigenvalue weighted by molar-refractivity contribution is 7.19. The second kappa shape index (κ2) is 35.4. The molecule has 0 aromatic heterocycles. The Morgan fingerprint density at radius 3 is 0.762 bits per heavy atom. The Hall–Kier alpha value is -0.113. The van der Waals surface area contributed by atoms with Gasteiger partial charge in [-0.1, -0.05) is 219 Å². The summed E-state index contributed by atoms with van der Waals surface area (Å²) in [6, 6.07) is 1.29. The lowest BCUT2D eigenvalue weighted by Gasteiger charge is -2.11. The molecular formula is C38H76ClNOSi. The molecule has 0 unspecified atom stereocenters. The van der Waals surface area contributed by atoms with Gasteiger partial charge >= 0.3 is 0 Å². The Bertz CT molecular complexity index is 558. The summed E-state index contributed by atoms with van der Waals surface area (Å²) in [6.45, 7) is 5.21. The van der Waals surface area contributed by atoms with Crippen LogP contribution in [0.2, 0.25) is 19.1 Å². The van der Waals surface area contributed by atoms with Crippen LogP contribution in [0.5, 0.6) is 0 Å². The molecule has 250 valence electrons. The average Bonchev–Trinajstić information content (AvgIpc) is 2.96. The van der Waals surface area contributed by atoms with E-state index in [1.54, 1.807) is 6.08 Å². The molecule has 0 aromatic rings. The number of unbranched alkanes of at least 4 members (excludes halogenated alkanes) is 32. The summed E-state index contributed by atoms with van der Waals surface area (Å²) in [4.78, 5) is 13.6. The van der Waals surface area contributed by atoms with Gasteiger partial charge < -0.3 is 0 Å². The van der Waals surface area contributed by atoms with Crippen LogP contribution in [0.25, 0.3) is 0 Å². The van der Waals surface area contributed by atoms with Crippen LogP contribution in [0.1, 0.15) is 212 Å². The fourth-order valence-corrected chi connectivity index (χ4v) is 7.75. The third kappa shape index (κ3) is 39.9. The van der Waals surface area contributed by atoms with Crippen molar-refractivity contribution in [1.29, 1.82) is 0 Å². The molecule has 0 amide bonds. The molecule has 0 spiro atoms. The third-order valence-corrected chi connectivity index (χ3v) is 11.2. The maximum absolute atomic E-state index is 10.00. The number of halogens is 1. The molecule has 0 rings (SSSR count). The Kier molecular flexibility index (Phi) is 35.3. The molecule has 0 N–H and O–H groups in total. The summed E-state index contributed by atoms with van der Waals surface area (Å²) < 4.78 is 0. The highest BCUT2D eigenvalue weighted by atomic mass is 35.6. The van der Waals surface area contributed by atoms with E-state index in [1.807, 2.05) is 0 Å². The summed E-state index contributed by atoms with van der Waals surface area (Å²) in [5, 5.41) is 0. The van der Waals surface area contributed by atoms with Crippen molar-refractivity contribution in [3.05, 3.63) is 0 Å². The fourth-order valence-electron chi connectivity index (χ4n) is 6.26. The van der Waals surface area contributed by atoms with Gasteiger partial charge in [0.2, 0.25) is 6.08 Å². The molecule has 42 heavy (non-hydrogen) atoms. The summed E-state index contributed by atoms with van der Waals surface area (Å²) in [5.41, 5.74) is 0. The zero-order valence-corrected chi connectivity index (χ0v) is 30.7. The van der Waals surface area contributed by atoms with Crippen LogP contribution >= 0.6 is 11.1 Å². The van der Waals surface area contributed by atoms with E-state index >= 15 is 0 Å². The van der Waals surface area contributed by atoms with Gasteiger partial charge in [-0.25, -0.2) is 9.79 Å². The Morgan fingerprint density at radius 1 is 0.381 bits per heavy atom. The quantitative estimate of drug-likeness (QED) is 0.0224. The second-order valence-electron chi connectivity index (χ2n) is 14.1. The lowest BCUT2D eigenvalue weighted by Crippen LogP contribution is -2.14. The van der Waals surface area contributed by atoms with Crippen molar-refractivity contribution in [1.82, 2.24) is 0 Å². The molecular weight excluding hydrogens is 550 g/mol. The maximum Gasteiger partial charge on any atom is 0.234 e. The molecule has 2 nitrogen and oxygen atoms in total. The molecule has 0 aliphatic heterocycles. The number of rotatable bonds is 36. The van der Waals surface area contributed by atoms with Crippen LogP contribution in [0.4, 0.5) is 0 Å². The number of nitrogens with zero attached hydrogens (tertiary/aromatic N) is 1. The van der Waals surface area contributed by atoms with E-state index in [0.29, 0.717) is 6.54 Å². The van der Waals surface area contributed by atoms with Crippen LogP contribution in [0.15, 0.2) is 4.99 Å². The Labute approximate surface area is 271 Å². The molecule has 0 saturated heterocycles. The van der Waals surface area contributed by atoms with Gasteiger partial charge in [0.05, 0.1) is 6.54 Å². The number of hydrogen-bond acceptors (Lipinski definition) is 2. The predicted octanol–water partition coefficient (Wildman–Crippen LogP) is 14.6. The molecule has 4 heteroatoms. The molecule has 0 aromatic carbocycles. The first-order valence-corrected chi connectivity index (χ1v) is 23.5. The van der Waals surface area contributed by atoms with Crippen LogP contribution < -0.4 is 0 Å². The SMILES string of the molecule is C[Si](C)(Cl)CCCCCCCCCCCCCCCCCCCCCCCCCCCCCCCCCCCN=C=O. The van der Waals surface area contributed by atoms with Gasteiger partial charge in [0.15, 0.2) is 0 Å². The summed E-state index contributed by atoms with van der Waals surface area (Å²) in [6.07, 6.45) is 48.6. The minimum atomic E-state index is -1.32. The van der Waals surface area contributed by atoms with E-state index in [9.17, 15) is 4.79 Å². The molecule has 0 bridgehead atoms. The fraction of sp³-hybridized carbons (Fsp3) is 0.974. The predicted molar refractivity (Wildman–Crippen MR) is 193 cm³/mol. The van der Waals surface area contributed by atoms with Crippen molar-refractivity contribution < 1.29 is 4.79 Å². The molecule has 0 atom stereocenters. The first kappa shape index (κ1) is 41.9. The van der Waals surface area contributed by atoms with Crippen molar-refractivity contribution >= 4 is 24.5 Å². The molecule has 0 saturated carbocycles. The second-order valence-corrected chi connectivity index (χ2v) is 21.1. The van der Waals surface area contributed by atoms with Crippen molar-refractivity contribution in [3.8, 4) is 0 Å². The van der Waals surface area contributed by atoms with Crippen molar-refractivity contribution in [2.45, 2.75) is 231 Å². The first-order valence-electron chi connectivity index (χ1n) is 19.3. The lowest BCUT2D eigenvalue weighted by molar-refractivity contribution is 0.511. The van der Waals surface area contributed by atoms with Crippen LogP contribution in [0.3, 0.4) is 0 Å². The van der Waals surface area contributed by atoms with E-state index in [2.05, 4.69) is 18.1 Å². The third-order valence-electron chi connectivity index (χ3n) is 9.11. The molecule has 0 radical (unpaired) electrons. The van der Waals surface area contributed by atoms with E-state index in [-0.39, 0.29) is 0 Å². The van der Waals surface area contributed by atoms with Crippen LogP contribution in [0, 0.1) is 0 Å². The monoisotopic (exact) mass is 626 g/mol. The number of aliphatic imine (C=N–C) groups is 1. The van der Waals surface area contributed by atoms with Gasteiger partial charge in [0, 0.05) is 0 Å². The number of isocyanates is 1. The number of hydrogen-bond donors (Lipinski definition) is 0. The minimum absolute atomic E-state index is 0.668. The standard InChI is InChI=1S/C38H76ClNOSi/c1-42(2,39)37-35-33-31-29-27-25-23-21-19-17-15-13-11-9-7-5-3-4-6-8-10-12-14-16-18-20-22-24-26-28-30-32-34-36-40-38-41/h3-37H2,1-2H3. The topological polar surface area (TPSA) is 29.4 Å². The van der Waals surface area contributed by atoms with Gasteiger partial charge in [-0.15, -0.1) is 0 Å². The normalized spacial score (nSPS) is 11.7. The van der Waals surface area contributed by atoms with Gasteiger partial charge in [-0.3, -0.25) is 0 Å². The first-order chi connectivity index (χ1) is 20.6. The highest BCUT2D eigenvalue weighted by Crippen LogP contribution is 2.20. The largest absolute Gasteiger partial charge is 0.234 e. The summed E-state index contributed by atoms with van der Waals surface area (Å²) in [7, 11) is -1.32. The molecule has 0 heterocycles. The zero-order valence-electron chi connectivity index (χ0n) is 29.0. The molecule has 0 aliphatic carbocycles. The van der Waals surface area contributed by atoms with E-state index < -0.39 is 7.38 Å². The average molecular weight is 627 g/mol. The van der Waals surface area contributed by atoms with Gasteiger partial charge in [-0.05, 0) is 12.5 Å². The van der Waals surface area contributed by atoms with Crippen LogP contribution in [-0.4, -0.2) is 20.0 Å². The van der Waals surface area contributed by atoms with Crippen molar-refractivity contribution in [3.63, 3.8) is 0 Å².